The van der Waals surface area contributed by atoms with Gasteiger partial charge in [0.2, 0.25) is 0 Å². The van der Waals surface area contributed by atoms with Crippen molar-refractivity contribution in [1.29, 1.82) is 0 Å². The Morgan fingerprint density at radius 1 is 1.32 bits per heavy atom. The average Bonchev–Trinajstić information content (AvgIpc) is 2.44. The van der Waals surface area contributed by atoms with Gasteiger partial charge in [-0.2, -0.15) is 0 Å². The van der Waals surface area contributed by atoms with E-state index in [0.29, 0.717) is 0 Å². The monoisotopic (exact) mass is 301 g/mol. The highest BCUT2D eigenvalue weighted by molar-refractivity contribution is 5.87. The van der Waals surface area contributed by atoms with Gasteiger partial charge >= 0.3 is 5.97 Å². The molecule has 2 rings (SSSR count). The van der Waals surface area contributed by atoms with Crippen molar-refractivity contribution in [3.8, 4) is 0 Å². The molecule has 1 aromatic carbocycles. The highest BCUT2D eigenvalue weighted by Gasteiger charge is 2.39. The number of hydrogen-bond acceptors (Lipinski definition) is 3. The minimum Gasteiger partial charge on any atom is -0.467 e. The Morgan fingerprint density at radius 2 is 2.00 bits per heavy atom. The van der Waals surface area contributed by atoms with E-state index in [-0.39, 0.29) is 17.6 Å². The number of allylic oxidation sites excluding steroid dienone is 1. The fourth-order valence-corrected chi connectivity index (χ4v) is 3.49. The fraction of sp³-hybridized carbons (Fsp3) is 0.526. The van der Waals surface area contributed by atoms with Crippen molar-refractivity contribution in [1.82, 2.24) is 0 Å². The molecule has 3 heteroatoms. The summed E-state index contributed by atoms with van der Waals surface area (Å²) in [5.41, 5.74) is 4.58. The van der Waals surface area contributed by atoms with Crippen LogP contribution >= 0.6 is 0 Å². The van der Waals surface area contributed by atoms with Gasteiger partial charge in [-0.15, -0.1) is 0 Å². The van der Waals surface area contributed by atoms with E-state index in [9.17, 15) is 4.79 Å². The van der Waals surface area contributed by atoms with Gasteiger partial charge in [0, 0.05) is 11.3 Å². The fourth-order valence-electron chi connectivity index (χ4n) is 3.49. The summed E-state index contributed by atoms with van der Waals surface area (Å²) in [5.74, 6) is -0.157. The van der Waals surface area contributed by atoms with Gasteiger partial charge in [0.05, 0.1) is 12.6 Å². The first-order valence-corrected chi connectivity index (χ1v) is 7.99. The highest BCUT2D eigenvalue weighted by atomic mass is 16.5. The van der Waals surface area contributed by atoms with Crippen molar-refractivity contribution in [2.24, 2.45) is 0 Å². The van der Waals surface area contributed by atoms with Gasteiger partial charge in [0.1, 0.15) is 6.04 Å². The summed E-state index contributed by atoms with van der Waals surface area (Å²) in [5, 5.41) is 0. The highest BCUT2D eigenvalue weighted by Crippen LogP contribution is 2.41. The Kier molecular flexibility index (Phi) is 4.64. The van der Waals surface area contributed by atoms with Crippen LogP contribution in [0.15, 0.2) is 24.3 Å². The van der Waals surface area contributed by atoms with Crippen LogP contribution in [0.4, 0.5) is 5.69 Å². The summed E-state index contributed by atoms with van der Waals surface area (Å²) in [4.78, 5) is 14.6. The molecule has 1 aliphatic heterocycles. The maximum Gasteiger partial charge on any atom is 0.328 e. The molecule has 0 saturated carbocycles. The van der Waals surface area contributed by atoms with E-state index in [1.807, 2.05) is 0 Å². The second kappa shape index (κ2) is 6.15. The number of carbonyl (C=O) groups excluding carboxylic acids is 1. The number of methoxy groups -OCH3 is 1. The number of esters is 1. The molecule has 1 atom stereocenters. The van der Waals surface area contributed by atoms with E-state index in [1.54, 1.807) is 0 Å². The van der Waals surface area contributed by atoms with E-state index >= 15 is 0 Å². The van der Waals surface area contributed by atoms with Crippen LogP contribution in [0.3, 0.4) is 0 Å². The lowest BCUT2D eigenvalue weighted by Crippen LogP contribution is -2.54. The third kappa shape index (κ3) is 2.90. The molecular formula is C19H27NO2. The van der Waals surface area contributed by atoms with E-state index in [4.69, 9.17) is 4.74 Å². The summed E-state index contributed by atoms with van der Waals surface area (Å²) in [6.07, 6.45) is 3.98. The number of rotatable bonds is 4. The van der Waals surface area contributed by atoms with Crippen LogP contribution in [0.5, 0.6) is 0 Å². The lowest BCUT2D eigenvalue weighted by Gasteiger charge is -2.46. The van der Waals surface area contributed by atoms with Crippen molar-refractivity contribution >= 4 is 17.2 Å². The van der Waals surface area contributed by atoms with Crippen LogP contribution in [0.25, 0.3) is 5.57 Å². The molecule has 0 fully saturated rings. The molecule has 0 N–H and O–H groups in total. The van der Waals surface area contributed by atoms with Gasteiger partial charge in [-0.25, -0.2) is 4.79 Å². The van der Waals surface area contributed by atoms with Crippen LogP contribution in [0, 0.1) is 6.92 Å². The molecule has 3 nitrogen and oxygen atoms in total. The molecule has 120 valence electrons. The molecule has 1 aromatic rings. The summed E-state index contributed by atoms with van der Waals surface area (Å²) in [6.45, 7) is 10.7. The number of fused-ring (bicyclic) bond motifs is 1. The van der Waals surface area contributed by atoms with Crippen LogP contribution in [0.1, 0.15) is 51.7 Å². The number of aryl methyl sites for hydroxylation is 1. The minimum absolute atomic E-state index is 0.157. The predicted molar refractivity (Wildman–Crippen MR) is 92.1 cm³/mol. The first kappa shape index (κ1) is 16.6. The lowest BCUT2D eigenvalue weighted by molar-refractivity contribution is -0.142. The SMILES string of the molecule is CCC[C@H](C(=O)OC)N1c2cc(C)ccc2C(C)=CC1(C)C. The number of hydrogen-bond donors (Lipinski definition) is 0. The molecule has 0 aliphatic carbocycles. The van der Waals surface area contributed by atoms with E-state index in [0.717, 1.165) is 18.5 Å². The zero-order valence-electron chi connectivity index (χ0n) is 14.6. The quantitative estimate of drug-likeness (QED) is 0.775. The Morgan fingerprint density at radius 3 is 2.59 bits per heavy atom. The average molecular weight is 301 g/mol. The van der Waals surface area contributed by atoms with E-state index in [1.165, 1.54) is 23.8 Å². The molecular weight excluding hydrogens is 274 g/mol. The van der Waals surface area contributed by atoms with Gasteiger partial charge < -0.3 is 9.64 Å². The topological polar surface area (TPSA) is 29.5 Å². The molecule has 0 unspecified atom stereocenters. The number of nitrogens with zero attached hydrogens (tertiary/aromatic N) is 1. The largest absolute Gasteiger partial charge is 0.467 e. The van der Waals surface area contributed by atoms with Gasteiger partial charge in [-0.05, 0) is 51.3 Å². The van der Waals surface area contributed by atoms with E-state index < -0.39 is 0 Å². The Hall–Kier alpha value is -1.77. The standard InChI is InChI=1S/C19H27NO2/c1-7-8-16(18(21)22-6)20-17-11-13(2)9-10-15(17)14(3)12-19(20,4)5/h9-12,16H,7-8H2,1-6H3/t16-/m1/s1. The smallest absolute Gasteiger partial charge is 0.328 e. The van der Waals surface area contributed by atoms with Crippen LogP contribution in [-0.4, -0.2) is 24.7 Å². The zero-order chi connectivity index (χ0) is 16.5. The van der Waals surface area contributed by atoms with Crippen LogP contribution in [-0.2, 0) is 9.53 Å². The van der Waals surface area contributed by atoms with Crippen molar-refractivity contribution < 1.29 is 9.53 Å². The second-order valence-electron chi connectivity index (χ2n) is 6.70. The summed E-state index contributed by atoms with van der Waals surface area (Å²) in [6, 6.07) is 6.20. The van der Waals surface area contributed by atoms with Crippen molar-refractivity contribution in [3.63, 3.8) is 0 Å². The first-order valence-electron chi connectivity index (χ1n) is 7.99. The second-order valence-corrected chi connectivity index (χ2v) is 6.70. The predicted octanol–water partition coefficient (Wildman–Crippen LogP) is 4.34. The zero-order valence-corrected chi connectivity index (χ0v) is 14.6. The molecule has 1 aliphatic rings. The Labute approximate surface area is 134 Å². The van der Waals surface area contributed by atoms with Crippen molar-refractivity contribution in [2.45, 2.75) is 59.0 Å². The normalized spacial score (nSPS) is 17.5. The Bertz CT molecular complexity index is 601. The maximum absolute atomic E-state index is 12.4. The molecule has 1 heterocycles. The number of anilines is 1. The van der Waals surface area contributed by atoms with Gasteiger partial charge in [0.15, 0.2) is 0 Å². The third-order valence-corrected chi connectivity index (χ3v) is 4.38. The van der Waals surface area contributed by atoms with Gasteiger partial charge in [-0.1, -0.05) is 31.6 Å². The first-order chi connectivity index (χ1) is 10.3. The van der Waals surface area contributed by atoms with Crippen molar-refractivity contribution in [2.75, 3.05) is 12.0 Å². The molecule has 0 radical (unpaired) electrons. The lowest BCUT2D eigenvalue weighted by atomic mass is 9.86. The van der Waals surface area contributed by atoms with Crippen LogP contribution in [0.2, 0.25) is 0 Å². The van der Waals surface area contributed by atoms with Crippen LogP contribution < -0.4 is 4.90 Å². The number of ether oxygens (including phenoxy) is 1. The molecule has 0 aromatic heterocycles. The summed E-state index contributed by atoms with van der Waals surface area (Å²) in [7, 11) is 1.47. The summed E-state index contributed by atoms with van der Waals surface area (Å²) >= 11 is 0. The molecule has 0 bridgehead atoms. The van der Waals surface area contributed by atoms with Gasteiger partial charge in [-0.3, -0.25) is 0 Å². The number of benzene rings is 1. The molecule has 0 saturated heterocycles. The van der Waals surface area contributed by atoms with E-state index in [2.05, 4.69) is 63.8 Å². The minimum atomic E-state index is -0.255. The van der Waals surface area contributed by atoms with Gasteiger partial charge in [0.25, 0.3) is 0 Å². The molecule has 0 amide bonds. The third-order valence-electron chi connectivity index (χ3n) is 4.38. The maximum atomic E-state index is 12.4. The van der Waals surface area contributed by atoms with Crippen molar-refractivity contribution in [3.05, 3.63) is 35.4 Å². The number of carbonyl (C=O) groups is 1. The Balaban J connectivity index is 2.61. The molecule has 0 spiro atoms. The summed E-state index contributed by atoms with van der Waals surface area (Å²) < 4.78 is 5.08. The molecule has 22 heavy (non-hydrogen) atoms.